The molecule has 0 aliphatic carbocycles. The van der Waals surface area contributed by atoms with Crippen LogP contribution in [-0.2, 0) is 36.4 Å². The minimum absolute atomic E-state index is 0.0266. The molecule has 0 aromatic heterocycles. The average Bonchev–Trinajstić information content (AvgIpc) is 3.27. The summed E-state index contributed by atoms with van der Waals surface area (Å²) in [4.78, 5) is 60.4. The monoisotopic (exact) mass is 891 g/mol. The van der Waals surface area contributed by atoms with Crippen LogP contribution >= 0.6 is 11.6 Å². The molecule has 4 amide bonds. The van der Waals surface area contributed by atoms with Crippen molar-refractivity contribution in [2.24, 2.45) is 11.8 Å². The van der Waals surface area contributed by atoms with Gasteiger partial charge in [0, 0.05) is 77.2 Å². The molecule has 0 spiro atoms. The van der Waals surface area contributed by atoms with Gasteiger partial charge in [-0.15, -0.1) is 0 Å². The van der Waals surface area contributed by atoms with Crippen LogP contribution in [-0.4, -0.2) is 147 Å². The summed E-state index contributed by atoms with van der Waals surface area (Å²) in [5, 5.41) is 11.9. The Morgan fingerprint density at radius 3 is 2.13 bits per heavy atom. The van der Waals surface area contributed by atoms with E-state index in [2.05, 4.69) is 15.1 Å². The van der Waals surface area contributed by atoms with E-state index in [4.69, 9.17) is 37.0 Å². The predicted octanol–water partition coefficient (Wildman–Crippen LogP) is 3.97. The number of morpholine rings is 1. The third kappa shape index (κ3) is 13.5. The summed E-state index contributed by atoms with van der Waals surface area (Å²) in [5.41, 5.74) is 4.53. The largest absolute Gasteiger partial charge is 0.464 e. The number of hydrogen-bond donors (Lipinski definition) is 4. The maximum absolute atomic E-state index is 14.1. The number of nitrogen functional groups attached to an aromatic ring is 1. The molecule has 4 fully saturated rings. The Balaban J connectivity index is 0.987. The van der Waals surface area contributed by atoms with E-state index in [0.29, 0.717) is 82.7 Å². The molecule has 19 heteroatoms. The van der Waals surface area contributed by atoms with Gasteiger partial charge in [-0.2, -0.15) is 13.2 Å². The minimum atomic E-state index is -4.80. The molecule has 62 heavy (non-hydrogen) atoms. The number of esters is 1. The third-order valence-electron chi connectivity index (χ3n) is 12.5. The number of benzene rings is 2. The average molecular weight is 892 g/mol. The standard InChI is InChI=1S/C43H58ClF3N8O7/c44-35-27-29(26-34(38(35)48)43(45,46)47)28-36(62-42(59)55-18-10-33(11-19-55)50-41(58)51-39(49)32-4-2-1-3-5-32)40(57)54-16-8-31(9-17-54)30-6-13-52(14-7-30)15-12-37(56)61-25-22-53-20-23-60-24-21-53/h1-5,26-27,30-31,33,36H,6-25,28,48H2,(H3,49,50,51,58)/p+1/t36-/m1/s1. The van der Waals surface area contributed by atoms with Crippen molar-refractivity contribution in [3.05, 3.63) is 64.2 Å². The summed E-state index contributed by atoms with van der Waals surface area (Å²) in [7, 11) is 0. The number of anilines is 1. The summed E-state index contributed by atoms with van der Waals surface area (Å²) >= 11 is 6.14. The van der Waals surface area contributed by atoms with Crippen LogP contribution in [0.1, 0.15) is 61.6 Å². The first kappa shape index (κ1) is 47.0. The van der Waals surface area contributed by atoms with Crippen molar-refractivity contribution in [1.82, 2.24) is 24.9 Å². The van der Waals surface area contributed by atoms with E-state index in [1.807, 2.05) is 6.07 Å². The summed E-state index contributed by atoms with van der Waals surface area (Å²) in [6.45, 7) is 7.85. The van der Waals surface area contributed by atoms with E-state index < -0.39 is 41.6 Å². The maximum Gasteiger partial charge on any atom is 0.419 e. The molecule has 340 valence electrons. The Morgan fingerprint density at radius 1 is 0.871 bits per heavy atom. The van der Waals surface area contributed by atoms with E-state index in [0.717, 1.165) is 57.9 Å². The predicted molar refractivity (Wildman–Crippen MR) is 224 cm³/mol. The lowest BCUT2D eigenvalue weighted by Crippen LogP contribution is -2.96. The van der Waals surface area contributed by atoms with Crippen LogP contribution in [0, 0.1) is 17.2 Å². The number of amides is 4. The molecule has 6 N–H and O–H groups in total. The number of carbonyl (C=O) groups is 4. The van der Waals surface area contributed by atoms with Crippen LogP contribution in [0.25, 0.3) is 0 Å². The number of likely N-dealkylation sites (tertiary alicyclic amines) is 3. The number of nitrogens with one attached hydrogen (secondary N) is 2. The van der Waals surface area contributed by atoms with Gasteiger partial charge >= 0.3 is 24.3 Å². The Kier molecular flexibility index (Phi) is 16.8. The third-order valence-corrected chi connectivity index (χ3v) is 12.8. The molecule has 2 aromatic rings. The van der Waals surface area contributed by atoms with Crippen LogP contribution in [0.5, 0.6) is 0 Å². The van der Waals surface area contributed by atoms with Gasteiger partial charge in [0.1, 0.15) is 12.4 Å². The highest BCUT2D eigenvalue weighted by Crippen LogP contribution is 2.38. The summed E-state index contributed by atoms with van der Waals surface area (Å²) in [5.74, 6) is 0.121. The fourth-order valence-electron chi connectivity index (χ4n) is 8.80. The summed E-state index contributed by atoms with van der Waals surface area (Å²) in [6.07, 6.45) is -2.72. The van der Waals surface area contributed by atoms with Crippen LogP contribution in [0.4, 0.5) is 28.4 Å². The van der Waals surface area contributed by atoms with Gasteiger partial charge in [-0.3, -0.25) is 30.5 Å². The molecule has 15 nitrogen and oxygen atoms in total. The smallest absolute Gasteiger partial charge is 0.419 e. The minimum Gasteiger partial charge on any atom is -0.464 e. The number of urea groups is 1. The van der Waals surface area contributed by atoms with E-state index in [1.54, 1.807) is 29.2 Å². The molecule has 0 saturated carbocycles. The molecule has 0 bridgehead atoms. The van der Waals surface area contributed by atoms with Gasteiger partial charge in [0.15, 0.2) is 6.10 Å². The fraction of sp³-hybridized carbons (Fsp3) is 0.605. The number of rotatable bonds is 13. The van der Waals surface area contributed by atoms with E-state index in [9.17, 15) is 32.3 Å². The quantitative estimate of drug-likeness (QED) is 0.0993. The highest BCUT2D eigenvalue weighted by Gasteiger charge is 2.38. The highest BCUT2D eigenvalue weighted by molar-refractivity contribution is 6.33. The van der Waals surface area contributed by atoms with E-state index in [-0.39, 0.29) is 47.9 Å². The van der Waals surface area contributed by atoms with Crippen LogP contribution < -0.4 is 16.4 Å². The second-order valence-corrected chi connectivity index (χ2v) is 17.0. The van der Waals surface area contributed by atoms with Crippen molar-refractivity contribution in [3.63, 3.8) is 0 Å². The summed E-state index contributed by atoms with van der Waals surface area (Å²) < 4.78 is 58.4. The lowest BCUT2D eigenvalue weighted by atomic mass is 9.78. The molecule has 0 unspecified atom stereocenters. The number of ether oxygens (including phenoxy) is 3. The van der Waals surface area contributed by atoms with Crippen molar-refractivity contribution in [3.8, 4) is 0 Å². The molecular formula is C43H59ClF3N8O7+. The number of quaternary nitrogens is 1. The second-order valence-electron chi connectivity index (χ2n) is 16.6. The molecule has 4 aliphatic heterocycles. The molecule has 6 rings (SSSR count). The Hall–Kier alpha value is -4.49. The highest BCUT2D eigenvalue weighted by atomic mass is 35.5. The van der Waals surface area contributed by atoms with Crippen molar-refractivity contribution in [1.29, 1.82) is 5.41 Å². The zero-order chi connectivity index (χ0) is 44.2. The molecule has 1 atom stereocenters. The fourth-order valence-corrected chi connectivity index (χ4v) is 9.04. The number of hydrogen-bond acceptors (Lipinski definition) is 11. The van der Waals surface area contributed by atoms with E-state index in [1.165, 1.54) is 16.3 Å². The molecule has 4 aliphatic rings. The van der Waals surface area contributed by atoms with Crippen LogP contribution in [0.15, 0.2) is 42.5 Å². The number of primary amides is 1. The number of amidine groups is 1. The SMILES string of the molecule is N=C(NC(=O)[NH2+]C1CCN(C(=O)O[C@H](Cc2cc(Cl)c(N)c(C(F)(F)F)c2)C(=O)N2CCC(C3CCN(CCC(=O)OCCN4CCOCC4)CC3)CC2)CC1)c1ccccc1. The van der Waals surface area contributed by atoms with Crippen molar-refractivity contribution < 1.29 is 51.9 Å². The first-order valence-corrected chi connectivity index (χ1v) is 22.0. The lowest BCUT2D eigenvalue weighted by molar-refractivity contribution is -0.598. The van der Waals surface area contributed by atoms with Gasteiger partial charge in [-0.25, -0.2) is 9.59 Å². The number of alkyl halides is 3. The normalized spacial score (nSPS) is 19.5. The second kappa shape index (κ2) is 22.2. The zero-order valence-corrected chi connectivity index (χ0v) is 35.8. The molecule has 2 aromatic carbocycles. The first-order chi connectivity index (χ1) is 29.7. The zero-order valence-electron chi connectivity index (χ0n) is 35.0. The number of halogens is 4. The van der Waals surface area contributed by atoms with Gasteiger partial charge in [-0.05, 0) is 68.3 Å². The van der Waals surface area contributed by atoms with Gasteiger partial charge in [0.25, 0.3) is 5.91 Å². The van der Waals surface area contributed by atoms with Crippen LogP contribution in [0.3, 0.4) is 0 Å². The number of carbonyl (C=O) groups excluding carboxylic acids is 4. The Morgan fingerprint density at radius 2 is 1.48 bits per heavy atom. The van der Waals surface area contributed by atoms with Gasteiger partial charge in [-0.1, -0.05) is 41.9 Å². The topological polar surface area (TPSA) is 187 Å². The number of nitrogens with zero attached hydrogens (tertiary/aromatic N) is 4. The number of nitrogens with two attached hydrogens (primary N) is 2. The molecule has 0 radical (unpaired) electrons. The van der Waals surface area contributed by atoms with Gasteiger partial charge in [0.05, 0.1) is 41.9 Å². The Labute approximate surface area is 365 Å². The van der Waals surface area contributed by atoms with Crippen molar-refractivity contribution in [2.45, 2.75) is 69.7 Å². The summed E-state index contributed by atoms with van der Waals surface area (Å²) in [6, 6.07) is 10.3. The molecule has 4 heterocycles. The molecule has 4 saturated heterocycles. The maximum atomic E-state index is 14.1. The van der Waals surface area contributed by atoms with Gasteiger partial charge in [0.2, 0.25) is 0 Å². The van der Waals surface area contributed by atoms with Crippen LogP contribution in [0.2, 0.25) is 5.02 Å². The molecular weight excluding hydrogens is 833 g/mol. The van der Waals surface area contributed by atoms with Gasteiger partial charge < -0.3 is 34.6 Å². The first-order valence-electron chi connectivity index (χ1n) is 21.6. The van der Waals surface area contributed by atoms with Crippen molar-refractivity contribution in [2.75, 3.05) is 91.0 Å². The lowest BCUT2D eigenvalue weighted by Gasteiger charge is -2.41. The Bertz CT molecular complexity index is 1850. The van der Waals surface area contributed by atoms with Crippen molar-refractivity contribution >= 4 is 47.1 Å². The number of piperidine rings is 3. The van der Waals surface area contributed by atoms with E-state index >= 15 is 0 Å².